The summed E-state index contributed by atoms with van der Waals surface area (Å²) in [6.07, 6.45) is 0. The molecular formula is C15H22ClNO3S. The van der Waals surface area contributed by atoms with Crippen LogP contribution in [-0.4, -0.2) is 32.8 Å². The van der Waals surface area contributed by atoms with Crippen LogP contribution in [0.5, 0.6) is 0 Å². The van der Waals surface area contributed by atoms with Crippen molar-refractivity contribution >= 4 is 25.6 Å². The number of carbonyl (C=O) groups is 1. The van der Waals surface area contributed by atoms with Crippen LogP contribution in [0.3, 0.4) is 0 Å². The van der Waals surface area contributed by atoms with E-state index >= 15 is 0 Å². The van der Waals surface area contributed by atoms with Crippen molar-refractivity contribution in [2.24, 2.45) is 5.41 Å². The maximum absolute atomic E-state index is 12.5. The number of hydrogen-bond acceptors (Lipinski definition) is 3. The lowest BCUT2D eigenvalue weighted by Gasteiger charge is -2.27. The minimum absolute atomic E-state index is 0.0118. The van der Waals surface area contributed by atoms with Crippen molar-refractivity contribution in [2.45, 2.75) is 39.5 Å². The highest BCUT2D eigenvalue weighted by atomic mass is 35.7. The fraction of sp³-hybridized carbons (Fsp3) is 0.533. The lowest BCUT2D eigenvalue weighted by atomic mass is 9.95. The Morgan fingerprint density at radius 1 is 1.19 bits per heavy atom. The van der Waals surface area contributed by atoms with Gasteiger partial charge in [-0.25, -0.2) is 8.42 Å². The third-order valence-electron chi connectivity index (χ3n) is 3.07. The molecule has 0 bridgehead atoms. The summed E-state index contributed by atoms with van der Waals surface area (Å²) in [6.45, 7) is 10.1. The van der Waals surface area contributed by atoms with E-state index in [1.165, 1.54) is 6.07 Å². The van der Waals surface area contributed by atoms with Gasteiger partial charge in [-0.15, -0.1) is 0 Å². The summed E-state index contributed by atoms with van der Waals surface area (Å²) in [4.78, 5) is 14.1. The summed E-state index contributed by atoms with van der Waals surface area (Å²) in [5.74, 6) is -0.205. The first-order chi connectivity index (χ1) is 9.33. The molecule has 4 nitrogen and oxygen atoms in total. The normalized spacial score (nSPS) is 12.3. The Hall–Kier alpha value is -1.07. The quantitative estimate of drug-likeness (QED) is 0.798. The first-order valence-electron chi connectivity index (χ1n) is 6.64. The summed E-state index contributed by atoms with van der Waals surface area (Å²) in [7, 11) is 3.27. The molecule has 0 saturated heterocycles. The van der Waals surface area contributed by atoms with E-state index in [9.17, 15) is 13.2 Å². The van der Waals surface area contributed by atoms with E-state index in [0.717, 1.165) is 5.56 Å². The Kier molecular flexibility index (Phi) is 5.11. The monoisotopic (exact) mass is 331 g/mol. The van der Waals surface area contributed by atoms with Gasteiger partial charge in [0.1, 0.15) is 0 Å². The fourth-order valence-corrected chi connectivity index (χ4v) is 3.52. The average molecular weight is 332 g/mol. The standard InChI is InChI=1S/C15H22ClNO3S/c1-10-7-11(2)13(21(16,19)20)8-12(10)14(18)17(6)9-15(3,4)5/h7-8H,9H2,1-6H3. The second-order valence-electron chi connectivity index (χ2n) is 6.59. The number of aryl methyl sites for hydroxylation is 2. The van der Waals surface area contributed by atoms with E-state index in [2.05, 4.69) is 0 Å². The highest BCUT2D eigenvalue weighted by molar-refractivity contribution is 8.13. The molecule has 0 spiro atoms. The zero-order valence-electron chi connectivity index (χ0n) is 13.3. The molecule has 0 atom stereocenters. The average Bonchev–Trinajstić information content (AvgIpc) is 2.23. The second kappa shape index (κ2) is 5.97. The molecule has 1 aromatic rings. The van der Waals surface area contributed by atoms with Crippen LogP contribution in [0.1, 0.15) is 42.3 Å². The third-order valence-corrected chi connectivity index (χ3v) is 4.54. The first kappa shape index (κ1) is 18.0. The zero-order chi connectivity index (χ0) is 16.6. The number of nitrogens with zero attached hydrogens (tertiary/aromatic N) is 1. The smallest absolute Gasteiger partial charge is 0.261 e. The van der Waals surface area contributed by atoms with Gasteiger partial charge in [-0.2, -0.15) is 0 Å². The minimum Gasteiger partial charge on any atom is -0.341 e. The van der Waals surface area contributed by atoms with Gasteiger partial charge in [0.2, 0.25) is 0 Å². The van der Waals surface area contributed by atoms with Gasteiger partial charge in [-0.1, -0.05) is 26.8 Å². The molecular weight excluding hydrogens is 310 g/mol. The van der Waals surface area contributed by atoms with Crippen LogP contribution < -0.4 is 0 Å². The molecule has 0 unspecified atom stereocenters. The number of rotatable bonds is 3. The van der Waals surface area contributed by atoms with Crippen LogP contribution in [0.4, 0.5) is 0 Å². The molecule has 0 fully saturated rings. The highest BCUT2D eigenvalue weighted by Gasteiger charge is 2.23. The maximum Gasteiger partial charge on any atom is 0.261 e. The summed E-state index contributed by atoms with van der Waals surface area (Å²) in [5, 5.41) is 0. The number of hydrogen-bond donors (Lipinski definition) is 0. The molecule has 0 aromatic heterocycles. The highest BCUT2D eigenvalue weighted by Crippen LogP contribution is 2.25. The molecule has 21 heavy (non-hydrogen) atoms. The zero-order valence-corrected chi connectivity index (χ0v) is 14.9. The molecule has 1 amide bonds. The molecule has 0 aliphatic heterocycles. The van der Waals surface area contributed by atoms with Gasteiger partial charge >= 0.3 is 0 Å². The summed E-state index contributed by atoms with van der Waals surface area (Å²) >= 11 is 0. The van der Waals surface area contributed by atoms with Crippen molar-refractivity contribution in [3.63, 3.8) is 0 Å². The van der Waals surface area contributed by atoms with Crippen molar-refractivity contribution in [3.8, 4) is 0 Å². The van der Waals surface area contributed by atoms with E-state index in [1.807, 2.05) is 20.8 Å². The molecule has 0 N–H and O–H groups in total. The van der Waals surface area contributed by atoms with Gasteiger partial charge in [0.05, 0.1) is 4.90 Å². The van der Waals surface area contributed by atoms with Crippen molar-refractivity contribution in [2.75, 3.05) is 13.6 Å². The fourth-order valence-electron chi connectivity index (χ4n) is 2.31. The lowest BCUT2D eigenvalue weighted by Crippen LogP contribution is -2.35. The Bertz CT molecular complexity index is 660. The molecule has 1 aromatic carbocycles. The van der Waals surface area contributed by atoms with E-state index in [0.29, 0.717) is 17.7 Å². The second-order valence-corrected chi connectivity index (χ2v) is 9.13. The number of amides is 1. The number of carbonyl (C=O) groups excluding carboxylic acids is 1. The molecule has 0 aliphatic carbocycles. The summed E-state index contributed by atoms with van der Waals surface area (Å²) < 4.78 is 23.2. The van der Waals surface area contributed by atoms with E-state index in [-0.39, 0.29) is 16.2 Å². The number of halogens is 1. The molecule has 0 saturated carbocycles. The molecule has 0 aliphatic rings. The van der Waals surface area contributed by atoms with Crippen LogP contribution in [0, 0.1) is 19.3 Å². The van der Waals surface area contributed by atoms with Crippen molar-refractivity contribution < 1.29 is 13.2 Å². The van der Waals surface area contributed by atoms with Gasteiger partial charge in [0.15, 0.2) is 0 Å². The maximum atomic E-state index is 12.5. The van der Waals surface area contributed by atoms with Crippen molar-refractivity contribution in [1.29, 1.82) is 0 Å². The predicted octanol–water partition coefficient (Wildman–Crippen LogP) is 3.35. The lowest BCUT2D eigenvalue weighted by molar-refractivity contribution is 0.0744. The Labute approximate surface area is 131 Å². The Morgan fingerprint density at radius 2 is 1.71 bits per heavy atom. The van der Waals surface area contributed by atoms with E-state index in [4.69, 9.17) is 10.7 Å². The topological polar surface area (TPSA) is 54.5 Å². The molecule has 0 radical (unpaired) electrons. The summed E-state index contributed by atoms with van der Waals surface area (Å²) in [5.41, 5.74) is 1.61. The molecule has 118 valence electrons. The minimum atomic E-state index is -3.87. The SMILES string of the molecule is Cc1cc(C)c(S(=O)(=O)Cl)cc1C(=O)N(C)CC(C)(C)C. The molecule has 1 rings (SSSR count). The number of benzene rings is 1. The van der Waals surface area contributed by atoms with Gasteiger partial charge in [0, 0.05) is 29.8 Å². The molecule has 6 heteroatoms. The third kappa shape index (κ3) is 4.71. The van der Waals surface area contributed by atoms with E-state index in [1.54, 1.807) is 31.9 Å². The van der Waals surface area contributed by atoms with Crippen LogP contribution >= 0.6 is 10.7 Å². The van der Waals surface area contributed by atoms with Gasteiger partial charge in [-0.3, -0.25) is 4.79 Å². The summed E-state index contributed by atoms with van der Waals surface area (Å²) in [6, 6.07) is 3.04. The van der Waals surface area contributed by atoms with Crippen LogP contribution in [-0.2, 0) is 9.05 Å². The van der Waals surface area contributed by atoms with Crippen molar-refractivity contribution in [3.05, 3.63) is 28.8 Å². The van der Waals surface area contributed by atoms with Crippen LogP contribution in [0.15, 0.2) is 17.0 Å². The van der Waals surface area contributed by atoms with Crippen molar-refractivity contribution in [1.82, 2.24) is 4.90 Å². The van der Waals surface area contributed by atoms with Gasteiger partial charge in [-0.05, 0) is 36.5 Å². The largest absolute Gasteiger partial charge is 0.341 e. The predicted molar refractivity (Wildman–Crippen MR) is 85.4 cm³/mol. The van der Waals surface area contributed by atoms with Crippen LogP contribution in [0.2, 0.25) is 0 Å². The van der Waals surface area contributed by atoms with Gasteiger partial charge < -0.3 is 4.90 Å². The van der Waals surface area contributed by atoms with Crippen LogP contribution in [0.25, 0.3) is 0 Å². The Morgan fingerprint density at radius 3 is 2.14 bits per heavy atom. The molecule has 0 heterocycles. The first-order valence-corrected chi connectivity index (χ1v) is 8.95. The Balaban J connectivity index is 3.28. The van der Waals surface area contributed by atoms with E-state index < -0.39 is 9.05 Å². The van der Waals surface area contributed by atoms with Gasteiger partial charge in [0.25, 0.3) is 15.0 Å².